The highest BCUT2D eigenvalue weighted by Crippen LogP contribution is 2.41. The smallest absolute Gasteiger partial charge is 0.220 e. The van der Waals surface area contributed by atoms with Gasteiger partial charge in [-0.25, -0.2) is 8.78 Å². The number of halogens is 7. The maximum absolute atomic E-state index is 13.9. The number of nitrogens with two attached hydrogens (primary N) is 1. The number of hydrogen-bond acceptors (Lipinski definition) is 11. The average Bonchev–Trinajstić information content (AvgIpc) is 0.817. The van der Waals surface area contributed by atoms with E-state index in [1.165, 1.54) is 40.5 Å². The van der Waals surface area contributed by atoms with Crippen LogP contribution in [0.15, 0.2) is 179 Å². The van der Waals surface area contributed by atoms with Crippen molar-refractivity contribution in [2.45, 2.75) is 227 Å². The molecule has 7 aromatic rings. The van der Waals surface area contributed by atoms with E-state index in [-0.39, 0.29) is 144 Å². The van der Waals surface area contributed by atoms with Crippen LogP contribution in [0, 0.1) is 17.6 Å². The van der Waals surface area contributed by atoms with Crippen molar-refractivity contribution in [2.75, 3.05) is 62.9 Å². The molecule has 0 bridgehead atoms. The van der Waals surface area contributed by atoms with E-state index in [0.717, 1.165) is 159 Å². The summed E-state index contributed by atoms with van der Waals surface area (Å²) in [6, 6.07) is 54.0. The molecule has 4 aliphatic carbocycles. The number of rotatable bonds is 32. The Kier molecular flexibility index (Phi) is 39.5. The number of nitrogens with one attached hydrogen (secondary N) is 6. The Labute approximate surface area is 742 Å². The lowest BCUT2D eigenvalue weighted by atomic mass is 9.72. The minimum Gasteiger partial charge on any atom is -0.369 e. The predicted molar refractivity (Wildman–Crippen MR) is 486 cm³/mol. The molecule has 8 N–H and O–H groups in total. The highest BCUT2D eigenvalue weighted by molar-refractivity contribution is 9.10. The number of primary amides is 1. The van der Waals surface area contributed by atoms with Crippen molar-refractivity contribution < 1.29 is 42.3 Å². The van der Waals surface area contributed by atoms with Gasteiger partial charge in [-0.3, -0.25) is 33.6 Å². The Balaban J connectivity index is 0.000000203. The fraction of sp³-hybridized carbons (Fsp3) is 0.484. The number of likely N-dealkylation sites (N-methyl/N-ethyl adjacent to an activating group) is 4. The summed E-state index contributed by atoms with van der Waals surface area (Å²) in [6.45, 7) is 0.981. The second kappa shape index (κ2) is 48.4. The second-order valence-electron chi connectivity index (χ2n) is 33.9. The van der Waals surface area contributed by atoms with Crippen molar-refractivity contribution in [2.24, 2.45) is 11.7 Å². The van der Waals surface area contributed by atoms with Crippen molar-refractivity contribution >= 4 is 108 Å². The molecule has 11 rings (SSSR count). The minimum absolute atomic E-state index is 0.0358. The summed E-state index contributed by atoms with van der Waals surface area (Å²) in [4.78, 5) is 94.2. The Hall–Kier alpha value is -7.64. The van der Waals surface area contributed by atoms with E-state index in [2.05, 4.69) is 188 Å². The zero-order valence-electron chi connectivity index (χ0n) is 71.1. The van der Waals surface area contributed by atoms with Crippen molar-refractivity contribution in [3.05, 3.63) is 244 Å². The molecule has 7 amide bonds. The number of hydrogen-bond donors (Lipinski definition) is 7. The molecule has 18 nitrogen and oxygen atoms in total. The van der Waals surface area contributed by atoms with Crippen LogP contribution in [0.2, 0.25) is 15.1 Å². The predicted octanol–water partition coefficient (Wildman–Crippen LogP) is 17.1. The zero-order chi connectivity index (χ0) is 87.0. The summed E-state index contributed by atoms with van der Waals surface area (Å²) >= 11 is 25.2. The van der Waals surface area contributed by atoms with Gasteiger partial charge in [-0.2, -0.15) is 0 Å². The van der Waals surface area contributed by atoms with Crippen LogP contribution in [0.4, 0.5) is 8.78 Å². The lowest BCUT2D eigenvalue weighted by Crippen LogP contribution is -2.52. The summed E-state index contributed by atoms with van der Waals surface area (Å²) in [7, 11) is 17.0. The summed E-state index contributed by atoms with van der Waals surface area (Å²) in [6.07, 6.45) is 20.6. The van der Waals surface area contributed by atoms with E-state index in [1.807, 2.05) is 84.9 Å². The molecule has 0 unspecified atom stereocenters. The van der Waals surface area contributed by atoms with Gasteiger partial charge in [0, 0.05) is 134 Å². The SMILES string of the molecule is CN(C)C1(Cc2cccc(Cl)c2)CCC(NC(=O)CCC(=O)NCCc2cccc(F)c2)CC1.CN(C)C1(Cc2cccc(Cl)c2)CCC(NC(=O)CCC(=O)NCc2ccc(Br)cc2F)CC1.CN(C)C1(Cc2cccc(Cl)c2)CCC(NC(=O)CCC(=O)NCc2cccc(Br)c2)CC1.CN(C)C1(Cc2ccccc2)CCC(C(N)=O)CC1. The summed E-state index contributed by atoms with van der Waals surface area (Å²) < 4.78 is 28.7. The molecule has 0 aliphatic heterocycles. The van der Waals surface area contributed by atoms with Crippen LogP contribution in [-0.2, 0) is 78.8 Å². The van der Waals surface area contributed by atoms with Crippen LogP contribution < -0.4 is 37.6 Å². The largest absolute Gasteiger partial charge is 0.369 e. The third-order valence-corrected chi connectivity index (χ3v) is 26.5. The Bertz CT molecular complexity index is 4450. The number of nitrogens with zero attached hydrogens (tertiary/aromatic N) is 4. The minimum atomic E-state index is -0.381. The van der Waals surface area contributed by atoms with E-state index in [1.54, 1.807) is 18.2 Å². The molecule has 0 aromatic heterocycles. The van der Waals surface area contributed by atoms with Crippen molar-refractivity contribution in [3.8, 4) is 0 Å². The quantitative estimate of drug-likeness (QED) is 0.0210. The van der Waals surface area contributed by atoms with Gasteiger partial charge < -0.3 is 57.2 Å². The van der Waals surface area contributed by atoms with Crippen LogP contribution in [0.3, 0.4) is 0 Å². The zero-order valence-corrected chi connectivity index (χ0v) is 76.5. The fourth-order valence-electron chi connectivity index (χ4n) is 17.1. The lowest BCUT2D eigenvalue weighted by molar-refractivity contribution is -0.127. The normalized spacial score (nSPS) is 21.4. The molecule has 0 radical (unpaired) electrons. The standard InChI is InChI=1S/C27H35ClFN3O2.C26H32BrClFN3O2.C26H33BrClN3O2.C16H24N2O/c1-32(2)27(19-21-6-3-7-22(28)17-21)14-11-24(12-15-27)31-26(34)10-9-25(33)30-16-13-20-5-4-8-23(29)18-20;1-32(2)26(16-18-4-3-5-21(28)14-18)12-10-22(11-13-26)31-25(34)9-8-24(33)30-17-19-6-7-20(27)15-23(19)29;1-31(2)26(17-19-5-4-8-22(28)16-19)13-11-23(12-14-26)30-25(33)10-9-24(32)29-18-20-6-3-7-21(27)15-20;1-18(2)16(12-13-6-4-3-5-7-13)10-8-14(9-11-16)15(17)19/h3-8,17-18,24H,9-16,19H2,1-2H3,(H,30,33)(H,31,34);3-7,14-15,22H,8-13,16-17H2,1-2H3,(H,30,33)(H,31,34);3-8,15-16,23H,9-14,17-18H2,1-2H3,(H,29,32)(H,30,33);3-7,14H,8-12H2,1-2H3,(H2,17,19). The first-order valence-corrected chi connectivity index (χ1v) is 44.8. The number of amides is 7. The third kappa shape index (κ3) is 32.2. The first kappa shape index (κ1) is 97.8. The van der Waals surface area contributed by atoms with Gasteiger partial charge in [-0.15, -0.1) is 0 Å². The van der Waals surface area contributed by atoms with Gasteiger partial charge in [-0.05, 0) is 297 Å². The van der Waals surface area contributed by atoms with Crippen LogP contribution >= 0.6 is 66.7 Å². The number of carbonyl (C=O) groups is 7. The molecule has 0 atom stereocenters. The molecule has 4 fully saturated rings. The van der Waals surface area contributed by atoms with Gasteiger partial charge in [-0.1, -0.05) is 164 Å². The first-order valence-electron chi connectivity index (χ1n) is 42.1. The van der Waals surface area contributed by atoms with Crippen LogP contribution in [0.1, 0.15) is 180 Å². The van der Waals surface area contributed by atoms with Crippen molar-refractivity contribution in [1.82, 2.24) is 51.5 Å². The summed E-state index contributed by atoms with van der Waals surface area (Å²) in [5.41, 5.74) is 13.1. The van der Waals surface area contributed by atoms with Gasteiger partial charge in [0.1, 0.15) is 11.6 Å². The van der Waals surface area contributed by atoms with E-state index >= 15 is 0 Å². The average molecular weight is 1840 g/mol. The lowest BCUT2D eigenvalue weighted by Gasteiger charge is -2.45. The second-order valence-corrected chi connectivity index (χ2v) is 37.0. The topological polar surface area (TPSA) is 231 Å². The van der Waals surface area contributed by atoms with Crippen molar-refractivity contribution in [3.63, 3.8) is 0 Å². The fourth-order valence-corrected chi connectivity index (χ4v) is 18.5. The van der Waals surface area contributed by atoms with Crippen LogP contribution in [0.25, 0.3) is 0 Å². The monoisotopic (exact) mass is 1830 g/mol. The van der Waals surface area contributed by atoms with Gasteiger partial charge in [0.05, 0.1) is 0 Å². The van der Waals surface area contributed by atoms with E-state index < -0.39 is 0 Å². The Morgan fingerprint density at radius 1 is 0.375 bits per heavy atom. The molecule has 25 heteroatoms. The molecule has 120 heavy (non-hydrogen) atoms. The summed E-state index contributed by atoms with van der Waals surface area (Å²) in [5, 5.41) is 20.0. The maximum Gasteiger partial charge on any atom is 0.220 e. The molecule has 0 saturated heterocycles. The van der Waals surface area contributed by atoms with Gasteiger partial charge in [0.15, 0.2) is 0 Å². The molecule has 7 aromatic carbocycles. The molecular formula is C95H124Br2Cl3F2N11O7. The molecule has 4 saturated carbocycles. The van der Waals surface area contributed by atoms with E-state index in [4.69, 9.17) is 40.5 Å². The summed E-state index contributed by atoms with van der Waals surface area (Å²) in [5.74, 6) is -1.52. The van der Waals surface area contributed by atoms with E-state index in [0.29, 0.717) is 29.5 Å². The highest BCUT2D eigenvalue weighted by atomic mass is 79.9. The highest BCUT2D eigenvalue weighted by Gasteiger charge is 2.42. The Morgan fingerprint density at radius 2 is 0.717 bits per heavy atom. The molecule has 4 aliphatic rings. The van der Waals surface area contributed by atoms with Gasteiger partial charge in [0.2, 0.25) is 41.4 Å². The number of carbonyl (C=O) groups excluding carboxylic acids is 7. The third-order valence-electron chi connectivity index (χ3n) is 24.8. The molecule has 0 spiro atoms. The van der Waals surface area contributed by atoms with Crippen LogP contribution in [-0.4, -0.2) is 164 Å². The van der Waals surface area contributed by atoms with Crippen LogP contribution in [0.5, 0.6) is 0 Å². The molecular weight excluding hydrogens is 1710 g/mol. The number of benzene rings is 7. The van der Waals surface area contributed by atoms with Crippen molar-refractivity contribution in [1.29, 1.82) is 0 Å². The molecule has 650 valence electrons. The Morgan fingerprint density at radius 3 is 1.10 bits per heavy atom. The maximum atomic E-state index is 13.9. The molecule has 0 heterocycles. The van der Waals surface area contributed by atoms with E-state index in [9.17, 15) is 42.3 Å². The first-order chi connectivity index (χ1) is 57.2. The van der Waals surface area contributed by atoms with Gasteiger partial charge in [0.25, 0.3) is 0 Å². The van der Waals surface area contributed by atoms with Gasteiger partial charge >= 0.3 is 0 Å².